The molecule has 0 bridgehead atoms. The molecule has 0 aliphatic heterocycles. The van der Waals surface area contributed by atoms with Crippen molar-refractivity contribution < 1.29 is 30.3 Å². The van der Waals surface area contributed by atoms with Gasteiger partial charge in [-0.2, -0.15) is 0 Å². The van der Waals surface area contributed by atoms with Crippen LogP contribution in [0.3, 0.4) is 0 Å². The standard InChI is InChI=1S/C10H20O6/c1-6(12)7(13)9(3,15)10(4,16)8(2,14)5-11/h5-7,12-16H,1-4H3/t6?,7-,8+,9-,10-/m1/s1. The minimum atomic E-state index is -2.32. The van der Waals surface area contributed by atoms with Crippen molar-refractivity contribution in [2.75, 3.05) is 0 Å². The maximum Gasteiger partial charge on any atom is 0.154 e. The molecule has 0 saturated carbocycles. The predicted molar refractivity (Wildman–Crippen MR) is 55.6 cm³/mol. The Labute approximate surface area is 94.2 Å². The van der Waals surface area contributed by atoms with Crippen molar-refractivity contribution in [1.82, 2.24) is 0 Å². The van der Waals surface area contributed by atoms with Crippen LogP contribution in [0.4, 0.5) is 0 Å². The highest BCUT2D eigenvalue weighted by Crippen LogP contribution is 2.35. The molecular formula is C10H20O6. The van der Waals surface area contributed by atoms with E-state index in [9.17, 15) is 25.2 Å². The monoisotopic (exact) mass is 236 g/mol. The minimum absolute atomic E-state index is 0.0657. The van der Waals surface area contributed by atoms with E-state index in [1.165, 1.54) is 6.92 Å². The van der Waals surface area contributed by atoms with Gasteiger partial charge in [0, 0.05) is 0 Å². The molecule has 0 aromatic heterocycles. The number of carbonyl (C=O) groups is 1. The summed E-state index contributed by atoms with van der Waals surface area (Å²) in [5.74, 6) is 0. The van der Waals surface area contributed by atoms with Gasteiger partial charge in [0.1, 0.15) is 22.9 Å². The van der Waals surface area contributed by atoms with Crippen LogP contribution in [0.2, 0.25) is 0 Å². The zero-order chi connectivity index (χ0) is 13.4. The van der Waals surface area contributed by atoms with E-state index < -0.39 is 29.0 Å². The second kappa shape index (κ2) is 4.38. The molecule has 0 radical (unpaired) electrons. The van der Waals surface area contributed by atoms with Gasteiger partial charge in [-0.3, -0.25) is 0 Å². The fourth-order valence-corrected chi connectivity index (χ4v) is 1.38. The summed E-state index contributed by atoms with van der Waals surface area (Å²) in [6.07, 6.45) is -2.98. The van der Waals surface area contributed by atoms with Gasteiger partial charge in [0.2, 0.25) is 0 Å². The maximum atomic E-state index is 10.6. The van der Waals surface area contributed by atoms with Crippen LogP contribution in [-0.4, -0.2) is 60.8 Å². The third-order valence-corrected chi connectivity index (χ3v) is 3.23. The highest BCUT2D eigenvalue weighted by molar-refractivity contribution is 5.64. The molecule has 1 unspecified atom stereocenters. The second-order valence-electron chi connectivity index (χ2n) is 4.67. The first-order chi connectivity index (χ1) is 6.91. The van der Waals surface area contributed by atoms with Gasteiger partial charge in [-0.1, -0.05) is 0 Å². The van der Waals surface area contributed by atoms with Crippen LogP contribution >= 0.6 is 0 Å². The van der Waals surface area contributed by atoms with Gasteiger partial charge in [0.05, 0.1) is 6.10 Å². The van der Waals surface area contributed by atoms with Crippen LogP contribution in [-0.2, 0) is 4.79 Å². The SMILES string of the molecule is CC(O)[C@@H](O)[C@@](C)(O)[C@](C)(O)[C@@](C)(O)C=O. The highest BCUT2D eigenvalue weighted by atomic mass is 16.4. The van der Waals surface area contributed by atoms with Crippen molar-refractivity contribution in [3.63, 3.8) is 0 Å². The Balaban J connectivity index is 5.36. The summed E-state index contributed by atoms with van der Waals surface area (Å²) in [6, 6.07) is 0. The summed E-state index contributed by atoms with van der Waals surface area (Å²) < 4.78 is 0. The average Bonchev–Trinajstić information content (AvgIpc) is 2.15. The van der Waals surface area contributed by atoms with Gasteiger partial charge < -0.3 is 30.3 Å². The zero-order valence-corrected chi connectivity index (χ0v) is 9.88. The lowest BCUT2D eigenvalue weighted by Gasteiger charge is -2.47. The van der Waals surface area contributed by atoms with E-state index in [0.717, 1.165) is 20.8 Å². The van der Waals surface area contributed by atoms with E-state index >= 15 is 0 Å². The molecule has 6 heteroatoms. The third kappa shape index (κ3) is 2.26. The molecule has 5 atom stereocenters. The normalized spacial score (nSPS) is 27.1. The van der Waals surface area contributed by atoms with Crippen molar-refractivity contribution in [3.05, 3.63) is 0 Å². The number of aliphatic hydroxyl groups is 5. The topological polar surface area (TPSA) is 118 Å². The fourth-order valence-electron chi connectivity index (χ4n) is 1.38. The molecule has 0 aromatic rings. The molecule has 0 aliphatic rings. The molecule has 0 fully saturated rings. The summed E-state index contributed by atoms with van der Waals surface area (Å²) >= 11 is 0. The molecule has 0 spiro atoms. The van der Waals surface area contributed by atoms with E-state index in [-0.39, 0.29) is 6.29 Å². The third-order valence-electron chi connectivity index (χ3n) is 3.23. The number of aliphatic hydroxyl groups excluding tert-OH is 2. The Bertz CT molecular complexity index is 256. The van der Waals surface area contributed by atoms with Gasteiger partial charge in [0.15, 0.2) is 6.29 Å². The van der Waals surface area contributed by atoms with Gasteiger partial charge in [-0.15, -0.1) is 0 Å². The van der Waals surface area contributed by atoms with Gasteiger partial charge in [0.25, 0.3) is 0 Å². The Hall–Kier alpha value is -0.530. The number of hydrogen-bond acceptors (Lipinski definition) is 6. The number of aldehydes is 1. The van der Waals surface area contributed by atoms with E-state index in [2.05, 4.69) is 0 Å². The zero-order valence-electron chi connectivity index (χ0n) is 9.88. The Morgan fingerprint density at radius 2 is 1.44 bits per heavy atom. The van der Waals surface area contributed by atoms with Crippen LogP contribution < -0.4 is 0 Å². The van der Waals surface area contributed by atoms with Crippen molar-refractivity contribution in [2.24, 2.45) is 0 Å². The molecule has 6 nitrogen and oxygen atoms in total. The molecule has 0 aromatic carbocycles. The summed E-state index contributed by atoms with van der Waals surface area (Å²) in [5, 5.41) is 48.3. The number of rotatable bonds is 5. The molecule has 0 rings (SSSR count). The van der Waals surface area contributed by atoms with Crippen molar-refractivity contribution in [2.45, 2.75) is 56.7 Å². The molecule has 0 heterocycles. The van der Waals surface area contributed by atoms with Gasteiger partial charge >= 0.3 is 0 Å². The van der Waals surface area contributed by atoms with Gasteiger partial charge in [-0.05, 0) is 27.7 Å². The van der Waals surface area contributed by atoms with E-state index in [1.807, 2.05) is 0 Å². The first-order valence-electron chi connectivity index (χ1n) is 4.91. The van der Waals surface area contributed by atoms with E-state index in [1.54, 1.807) is 0 Å². The first kappa shape index (κ1) is 15.5. The highest BCUT2D eigenvalue weighted by Gasteiger charge is 2.58. The van der Waals surface area contributed by atoms with Crippen LogP contribution in [0, 0.1) is 0 Å². The smallest absolute Gasteiger partial charge is 0.154 e. The molecule has 0 amide bonds. The first-order valence-corrected chi connectivity index (χ1v) is 4.91. The van der Waals surface area contributed by atoms with Crippen molar-refractivity contribution in [3.8, 4) is 0 Å². The van der Waals surface area contributed by atoms with Crippen LogP contribution in [0.25, 0.3) is 0 Å². The lowest BCUT2D eigenvalue weighted by molar-refractivity contribution is -0.255. The molecule has 0 aliphatic carbocycles. The lowest BCUT2D eigenvalue weighted by atomic mass is 9.70. The quantitative estimate of drug-likeness (QED) is 0.359. The average molecular weight is 236 g/mol. The predicted octanol–water partition coefficient (Wildman–Crippen LogP) is -1.82. The summed E-state index contributed by atoms with van der Waals surface area (Å²) in [6.45, 7) is 4.25. The van der Waals surface area contributed by atoms with E-state index in [0.29, 0.717) is 0 Å². The number of carbonyl (C=O) groups excluding carboxylic acids is 1. The minimum Gasteiger partial charge on any atom is -0.391 e. The summed E-state index contributed by atoms with van der Waals surface area (Å²) in [7, 11) is 0. The molecule has 5 N–H and O–H groups in total. The van der Waals surface area contributed by atoms with Crippen LogP contribution in [0.1, 0.15) is 27.7 Å². The summed E-state index contributed by atoms with van der Waals surface area (Å²) in [4.78, 5) is 10.6. The van der Waals surface area contributed by atoms with Crippen LogP contribution in [0.5, 0.6) is 0 Å². The van der Waals surface area contributed by atoms with Crippen LogP contribution in [0.15, 0.2) is 0 Å². The molecule has 16 heavy (non-hydrogen) atoms. The second-order valence-corrected chi connectivity index (χ2v) is 4.67. The Morgan fingerprint density at radius 1 is 1.06 bits per heavy atom. The lowest BCUT2D eigenvalue weighted by Crippen LogP contribution is -2.70. The largest absolute Gasteiger partial charge is 0.391 e. The number of hydrogen-bond donors (Lipinski definition) is 5. The fraction of sp³-hybridized carbons (Fsp3) is 0.900. The van der Waals surface area contributed by atoms with E-state index in [4.69, 9.17) is 5.11 Å². The van der Waals surface area contributed by atoms with Gasteiger partial charge in [-0.25, -0.2) is 0 Å². The van der Waals surface area contributed by atoms with Crippen molar-refractivity contribution in [1.29, 1.82) is 0 Å². The van der Waals surface area contributed by atoms with Crippen molar-refractivity contribution >= 4 is 6.29 Å². The Morgan fingerprint density at radius 3 is 1.69 bits per heavy atom. The Kier molecular flexibility index (Phi) is 4.24. The molecule has 96 valence electrons. The summed E-state index contributed by atoms with van der Waals surface area (Å²) in [5.41, 5.74) is -6.84. The molecule has 0 saturated heterocycles. The maximum absolute atomic E-state index is 10.6. The molecular weight excluding hydrogens is 216 g/mol.